The summed E-state index contributed by atoms with van der Waals surface area (Å²) >= 11 is 0. The summed E-state index contributed by atoms with van der Waals surface area (Å²) in [5.74, 6) is -3.68. The minimum absolute atomic E-state index is 0.0593. The van der Waals surface area contributed by atoms with Gasteiger partial charge in [-0.1, -0.05) is 12.2 Å². The van der Waals surface area contributed by atoms with E-state index in [0.29, 0.717) is 0 Å². The molecule has 5 aliphatic rings. The highest BCUT2D eigenvalue weighted by molar-refractivity contribution is 7.51. The van der Waals surface area contributed by atoms with Crippen molar-refractivity contribution >= 4 is 15.6 Å². The molecule has 10 nitrogen and oxygen atoms in total. The quantitative estimate of drug-likeness (QED) is 0.558. The molecule has 20 heavy (non-hydrogen) atoms. The number of hydroxylamine groups is 4. The number of phosphoric ester groups is 1. The zero-order valence-electron chi connectivity index (χ0n) is 10.0. The second kappa shape index (κ2) is 3.68. The fourth-order valence-electron chi connectivity index (χ4n) is 2.33. The van der Waals surface area contributed by atoms with Gasteiger partial charge in [0.1, 0.15) is 0 Å². The van der Waals surface area contributed by atoms with Gasteiger partial charge < -0.3 is 0 Å². The molecule has 2 atom stereocenters. The van der Waals surface area contributed by atoms with Crippen LogP contribution in [0.5, 0.6) is 0 Å². The third-order valence-electron chi connectivity index (χ3n) is 2.99. The number of phosphoric acid groups is 2. The fourth-order valence-corrected chi connectivity index (χ4v) is 5.52. The van der Waals surface area contributed by atoms with Crippen molar-refractivity contribution in [3.63, 3.8) is 0 Å². The Hall–Kier alpha value is -0.380. The topological polar surface area (TPSA) is 96.0 Å². The summed E-state index contributed by atoms with van der Waals surface area (Å²) in [7, 11) is -7.75. The zero-order chi connectivity index (χ0) is 14.2. The maximum Gasteiger partial charge on any atom is 0.512 e. The highest BCUT2D eigenvalue weighted by Crippen LogP contribution is 2.86. The summed E-state index contributed by atoms with van der Waals surface area (Å²) in [6, 6.07) is 0. The highest BCUT2D eigenvalue weighted by Gasteiger charge is 2.92. The molecule has 0 aromatic carbocycles. The minimum Gasteiger partial charge on any atom is -0.229 e. The molecular weight excluding hydrogens is 314 g/mol. The standard InChI is InChI=1S/C8H10N2O8P2/c1-3-5-9-7-8(15-19(11,13-7)14-7)10(6-4-2)18-20(12,16-8)17-9/h3-4H,1-2,5-6H2. The number of hydrogen-bond donors (Lipinski definition) is 0. The Kier molecular flexibility index (Phi) is 2.45. The molecule has 12 heteroatoms. The summed E-state index contributed by atoms with van der Waals surface area (Å²) in [5.41, 5.74) is 0. The predicted molar refractivity (Wildman–Crippen MR) is 61.0 cm³/mol. The van der Waals surface area contributed by atoms with E-state index in [-0.39, 0.29) is 13.1 Å². The lowest BCUT2D eigenvalue weighted by Crippen LogP contribution is -2.69. The van der Waals surface area contributed by atoms with Crippen molar-refractivity contribution in [3.05, 3.63) is 25.3 Å². The molecule has 0 aliphatic carbocycles. The summed E-state index contributed by atoms with van der Waals surface area (Å²) in [5, 5.41) is 2.08. The van der Waals surface area contributed by atoms with Crippen LogP contribution in [-0.2, 0) is 36.5 Å². The molecule has 5 saturated heterocycles. The molecule has 4 bridgehead atoms. The Morgan fingerprint density at radius 3 is 1.65 bits per heavy atom. The summed E-state index contributed by atoms with van der Waals surface area (Å²) in [4.78, 5) is 0. The van der Waals surface area contributed by atoms with E-state index in [1.54, 1.807) is 0 Å². The second-order valence-corrected chi connectivity index (χ2v) is 7.13. The molecule has 5 fully saturated rings. The van der Waals surface area contributed by atoms with Crippen molar-refractivity contribution in [3.8, 4) is 0 Å². The van der Waals surface area contributed by atoms with E-state index in [2.05, 4.69) is 13.2 Å². The number of nitrogens with zero attached hydrogens (tertiary/aromatic N) is 2. The van der Waals surface area contributed by atoms with Crippen LogP contribution in [0.15, 0.2) is 25.3 Å². The molecule has 2 unspecified atom stereocenters. The first-order chi connectivity index (χ1) is 9.41. The maximum absolute atomic E-state index is 12.3. The Labute approximate surface area is 113 Å². The van der Waals surface area contributed by atoms with Crippen molar-refractivity contribution in [2.45, 2.75) is 11.8 Å². The fraction of sp³-hybridized carbons (Fsp3) is 0.500. The smallest absolute Gasteiger partial charge is 0.229 e. The van der Waals surface area contributed by atoms with Gasteiger partial charge >= 0.3 is 27.5 Å². The van der Waals surface area contributed by atoms with Crippen LogP contribution in [0.1, 0.15) is 0 Å². The monoisotopic (exact) mass is 324 g/mol. The van der Waals surface area contributed by atoms with Crippen molar-refractivity contribution in [2.24, 2.45) is 0 Å². The predicted octanol–water partition coefficient (Wildman–Crippen LogP) is 1.47. The average molecular weight is 324 g/mol. The van der Waals surface area contributed by atoms with Crippen LogP contribution in [0.2, 0.25) is 0 Å². The van der Waals surface area contributed by atoms with Crippen molar-refractivity contribution in [1.29, 1.82) is 0 Å². The van der Waals surface area contributed by atoms with Crippen LogP contribution >= 0.6 is 15.6 Å². The van der Waals surface area contributed by atoms with Crippen LogP contribution in [0, 0.1) is 0 Å². The van der Waals surface area contributed by atoms with Gasteiger partial charge in [0, 0.05) is 13.1 Å². The Bertz CT molecular complexity index is 591. The molecule has 5 heterocycles. The van der Waals surface area contributed by atoms with E-state index in [9.17, 15) is 9.13 Å². The van der Waals surface area contributed by atoms with Gasteiger partial charge in [-0.25, -0.2) is 27.2 Å². The molecule has 0 saturated carbocycles. The zero-order valence-corrected chi connectivity index (χ0v) is 11.8. The molecule has 2 spiro atoms. The third kappa shape index (κ3) is 1.32. The second-order valence-electron chi connectivity index (χ2n) is 4.29. The molecule has 5 rings (SSSR count). The van der Waals surface area contributed by atoms with E-state index in [1.807, 2.05) is 0 Å². The Balaban J connectivity index is 1.85. The lowest BCUT2D eigenvalue weighted by Gasteiger charge is -2.46. The molecule has 5 aliphatic heterocycles. The maximum atomic E-state index is 12.3. The molecule has 0 aromatic heterocycles. The van der Waals surface area contributed by atoms with Gasteiger partial charge in [0.25, 0.3) is 0 Å². The molecule has 110 valence electrons. The lowest BCUT2D eigenvalue weighted by molar-refractivity contribution is -0.448. The van der Waals surface area contributed by atoms with Gasteiger partial charge in [-0.15, -0.1) is 23.3 Å². The summed E-state index contributed by atoms with van der Waals surface area (Å²) in [6.07, 6.45) is 2.90. The highest BCUT2D eigenvalue weighted by atomic mass is 31.2. The number of hydrogen-bond acceptors (Lipinski definition) is 10. The van der Waals surface area contributed by atoms with Gasteiger partial charge in [0.2, 0.25) is 0 Å². The minimum atomic E-state index is -3.97. The van der Waals surface area contributed by atoms with E-state index < -0.39 is 27.5 Å². The molecular formula is C8H10N2O8P2. The largest absolute Gasteiger partial charge is 0.512 e. The van der Waals surface area contributed by atoms with Crippen LogP contribution < -0.4 is 0 Å². The van der Waals surface area contributed by atoms with Gasteiger partial charge in [-0.2, -0.15) is 9.25 Å². The lowest BCUT2D eigenvalue weighted by atomic mass is 10.3. The first kappa shape index (κ1) is 13.3. The Morgan fingerprint density at radius 1 is 0.850 bits per heavy atom. The Morgan fingerprint density at radius 2 is 1.25 bits per heavy atom. The SMILES string of the molecule is C=CCN1OP2(=O)ON(CC=C)C34OP(=O)(OC13O2)O4. The molecule has 0 radical (unpaired) electrons. The van der Waals surface area contributed by atoms with Gasteiger partial charge in [0.05, 0.1) is 0 Å². The first-order valence-electron chi connectivity index (χ1n) is 5.60. The van der Waals surface area contributed by atoms with Gasteiger partial charge in [-0.3, -0.25) is 0 Å². The average Bonchev–Trinajstić information content (AvgIpc) is 2.81. The summed E-state index contributed by atoms with van der Waals surface area (Å²) in [6.45, 7) is 7.19. The van der Waals surface area contributed by atoms with E-state index in [0.717, 1.165) is 10.1 Å². The first-order valence-corrected chi connectivity index (χ1v) is 8.53. The van der Waals surface area contributed by atoms with Gasteiger partial charge in [0.15, 0.2) is 0 Å². The van der Waals surface area contributed by atoms with Crippen LogP contribution in [0.4, 0.5) is 0 Å². The third-order valence-corrected chi connectivity index (χ3v) is 5.66. The van der Waals surface area contributed by atoms with Crippen molar-refractivity contribution < 1.29 is 36.5 Å². The van der Waals surface area contributed by atoms with E-state index in [4.69, 9.17) is 27.3 Å². The molecule has 0 amide bonds. The van der Waals surface area contributed by atoms with Crippen molar-refractivity contribution in [1.82, 2.24) is 10.1 Å². The number of fused-ring (bicyclic) bond motifs is 1. The van der Waals surface area contributed by atoms with Crippen LogP contribution in [0.25, 0.3) is 0 Å². The molecule has 0 aromatic rings. The van der Waals surface area contributed by atoms with Crippen LogP contribution in [0.3, 0.4) is 0 Å². The number of rotatable bonds is 4. The van der Waals surface area contributed by atoms with Crippen LogP contribution in [-0.4, -0.2) is 35.0 Å². The molecule has 0 N–H and O–H groups in total. The van der Waals surface area contributed by atoms with E-state index >= 15 is 0 Å². The van der Waals surface area contributed by atoms with Gasteiger partial charge in [-0.05, 0) is 0 Å². The van der Waals surface area contributed by atoms with E-state index in [1.165, 1.54) is 12.2 Å². The normalized spacial score (nSPS) is 53.4. The van der Waals surface area contributed by atoms with Crippen molar-refractivity contribution in [2.75, 3.05) is 13.1 Å². The summed E-state index contributed by atoms with van der Waals surface area (Å²) < 4.78 is 55.4.